The number of hydrogen-bond donors (Lipinski definition) is 1. The number of hydrogen-bond acceptors (Lipinski definition) is 5. The van der Waals surface area contributed by atoms with Crippen LogP contribution in [0.5, 0.6) is 0 Å². The highest BCUT2D eigenvalue weighted by atomic mass is 16.2. The molecule has 3 aliphatic rings. The summed E-state index contributed by atoms with van der Waals surface area (Å²) in [6.07, 6.45) is 8.13. The van der Waals surface area contributed by atoms with Gasteiger partial charge in [0.05, 0.1) is 24.0 Å². The first-order chi connectivity index (χ1) is 19.3. The van der Waals surface area contributed by atoms with Gasteiger partial charge in [0.25, 0.3) is 0 Å². The van der Waals surface area contributed by atoms with Gasteiger partial charge in [-0.15, -0.1) is 0 Å². The quantitative estimate of drug-likeness (QED) is 0.401. The summed E-state index contributed by atoms with van der Waals surface area (Å²) in [5, 5.41) is 3.62. The highest BCUT2D eigenvalue weighted by Gasteiger charge is 2.43. The Labute approximate surface area is 237 Å². The molecule has 0 bridgehead atoms. The molecule has 2 atom stereocenters. The van der Waals surface area contributed by atoms with Crippen molar-refractivity contribution < 1.29 is 9.59 Å². The van der Waals surface area contributed by atoms with Gasteiger partial charge in [-0.3, -0.25) is 24.4 Å². The van der Waals surface area contributed by atoms with E-state index in [0.717, 1.165) is 71.6 Å². The van der Waals surface area contributed by atoms with Crippen LogP contribution < -0.4 is 10.2 Å². The third-order valence-electron chi connectivity index (χ3n) is 8.58. The number of carbonyl (C=O) groups is 2. The summed E-state index contributed by atoms with van der Waals surface area (Å²) in [7, 11) is 0. The average Bonchev–Trinajstić information content (AvgIpc) is 3.08. The molecule has 1 N–H and O–H groups in total. The summed E-state index contributed by atoms with van der Waals surface area (Å²) in [4.78, 5) is 37.1. The number of piperidine rings is 1. The van der Waals surface area contributed by atoms with E-state index < -0.39 is 6.04 Å². The number of carbonyl (C=O) groups excluding carboxylic acids is 2. The molecule has 0 spiro atoms. The normalized spacial score (nSPS) is 22.7. The predicted molar refractivity (Wildman–Crippen MR) is 159 cm³/mol. The second kappa shape index (κ2) is 10.7. The molecule has 3 aromatic rings. The van der Waals surface area contributed by atoms with Crippen LogP contribution in [-0.2, 0) is 9.59 Å². The van der Waals surface area contributed by atoms with Crippen molar-refractivity contribution in [1.29, 1.82) is 0 Å². The first kappa shape index (κ1) is 26.5. The Morgan fingerprint density at radius 2 is 1.80 bits per heavy atom. The van der Waals surface area contributed by atoms with Crippen molar-refractivity contribution >= 4 is 23.1 Å². The summed E-state index contributed by atoms with van der Waals surface area (Å²) in [6.45, 7) is 7.48. The topological polar surface area (TPSA) is 65.5 Å². The van der Waals surface area contributed by atoms with E-state index >= 15 is 0 Å². The van der Waals surface area contributed by atoms with Crippen molar-refractivity contribution in [2.24, 2.45) is 5.41 Å². The highest BCUT2D eigenvalue weighted by Crippen LogP contribution is 2.48. The van der Waals surface area contributed by atoms with E-state index in [1.54, 1.807) is 6.20 Å². The maximum atomic E-state index is 14.6. The Kier molecular flexibility index (Phi) is 7.05. The largest absolute Gasteiger partial charge is 0.357 e. The number of ketones is 1. The van der Waals surface area contributed by atoms with Crippen LogP contribution in [0.1, 0.15) is 74.7 Å². The number of nitrogens with one attached hydrogen (secondary N) is 1. The lowest BCUT2D eigenvalue weighted by Gasteiger charge is -2.40. The van der Waals surface area contributed by atoms with Gasteiger partial charge in [0, 0.05) is 36.1 Å². The molecule has 2 aliphatic heterocycles. The van der Waals surface area contributed by atoms with Crippen LogP contribution in [0.4, 0.5) is 11.4 Å². The summed E-state index contributed by atoms with van der Waals surface area (Å²) < 4.78 is 0. The van der Waals surface area contributed by atoms with Crippen molar-refractivity contribution in [1.82, 2.24) is 9.88 Å². The molecule has 40 heavy (non-hydrogen) atoms. The maximum Gasteiger partial charge on any atom is 0.242 e. The molecule has 0 unspecified atom stereocenters. The van der Waals surface area contributed by atoms with E-state index in [-0.39, 0.29) is 29.7 Å². The molecule has 1 aromatic heterocycles. The lowest BCUT2D eigenvalue weighted by Crippen LogP contribution is -2.46. The van der Waals surface area contributed by atoms with Gasteiger partial charge in [-0.05, 0) is 67.5 Å². The average molecular weight is 535 g/mol. The van der Waals surface area contributed by atoms with Crippen molar-refractivity contribution in [2.75, 3.05) is 23.3 Å². The Hall–Kier alpha value is -3.77. The van der Waals surface area contributed by atoms with Crippen LogP contribution >= 0.6 is 0 Å². The second-order valence-corrected chi connectivity index (χ2v) is 12.3. The molecular formula is C34H38N4O2. The van der Waals surface area contributed by atoms with Gasteiger partial charge in [0.15, 0.2) is 5.78 Å². The number of pyridine rings is 1. The Morgan fingerprint density at radius 1 is 1.00 bits per heavy atom. The van der Waals surface area contributed by atoms with Crippen LogP contribution in [0, 0.1) is 12.3 Å². The summed E-state index contributed by atoms with van der Waals surface area (Å²) in [5.41, 5.74) is 6.43. The number of nitrogens with zero attached hydrogens (tertiary/aromatic N) is 3. The van der Waals surface area contributed by atoms with E-state index in [9.17, 15) is 9.59 Å². The molecule has 3 heterocycles. The molecule has 0 saturated carbocycles. The van der Waals surface area contributed by atoms with Gasteiger partial charge in [-0.25, -0.2) is 0 Å². The summed E-state index contributed by atoms with van der Waals surface area (Å²) in [6, 6.07) is 20.0. The van der Waals surface area contributed by atoms with E-state index in [0.29, 0.717) is 6.42 Å². The molecule has 0 radical (unpaired) electrons. The smallest absolute Gasteiger partial charge is 0.242 e. The lowest BCUT2D eigenvalue weighted by molar-refractivity contribution is -0.121. The second-order valence-electron chi connectivity index (χ2n) is 12.3. The highest BCUT2D eigenvalue weighted by molar-refractivity contribution is 6.06. The van der Waals surface area contributed by atoms with Crippen molar-refractivity contribution in [3.8, 4) is 0 Å². The zero-order valence-electron chi connectivity index (χ0n) is 23.7. The van der Waals surface area contributed by atoms with Gasteiger partial charge >= 0.3 is 0 Å². The minimum atomic E-state index is -0.496. The number of fused-ring (bicyclic) bond motifs is 1. The van der Waals surface area contributed by atoms with E-state index in [4.69, 9.17) is 0 Å². The van der Waals surface area contributed by atoms with Crippen LogP contribution in [0.25, 0.3) is 0 Å². The first-order valence-corrected chi connectivity index (χ1v) is 14.5. The molecule has 1 saturated heterocycles. The van der Waals surface area contributed by atoms with E-state index in [1.807, 2.05) is 41.4 Å². The molecule has 1 aliphatic carbocycles. The van der Waals surface area contributed by atoms with Gasteiger partial charge in [0.1, 0.15) is 0 Å². The fraction of sp³-hybridized carbons (Fsp3) is 0.382. The Balaban J connectivity index is 1.46. The number of aryl methyl sites for hydroxylation is 1. The standard InChI is InChI=1S/C34H38N4O2/c1-23-13-15-24(16-14-23)33-32-27(19-34(2,3)20-30(32)39)36-26-10-4-5-12-29(26)38(33)31(40)22-37-18-7-6-11-28(37)25-9-8-17-35-21-25/h4-5,8-10,12-17,21,28,33,36H,6-7,11,18-20,22H2,1-3H3/t28-,33+/m1/s1. The molecule has 6 rings (SSSR count). The summed E-state index contributed by atoms with van der Waals surface area (Å²) in [5.74, 6) is 0.114. The van der Waals surface area contributed by atoms with E-state index in [1.165, 1.54) is 0 Å². The van der Waals surface area contributed by atoms with Crippen molar-refractivity contribution in [3.63, 3.8) is 0 Å². The van der Waals surface area contributed by atoms with Gasteiger partial charge in [-0.1, -0.05) is 68.3 Å². The number of Topliss-reactive ketones (excluding diaryl/α,β-unsaturated/α-hetero) is 1. The zero-order valence-corrected chi connectivity index (χ0v) is 23.7. The fourth-order valence-electron chi connectivity index (χ4n) is 6.71. The number of anilines is 2. The molecule has 2 aromatic carbocycles. The third-order valence-corrected chi connectivity index (χ3v) is 8.58. The number of aromatic nitrogens is 1. The molecular weight excluding hydrogens is 496 g/mol. The Morgan fingerprint density at radius 3 is 2.58 bits per heavy atom. The number of allylic oxidation sites excluding steroid dienone is 1. The van der Waals surface area contributed by atoms with Crippen LogP contribution in [-0.4, -0.2) is 34.7 Å². The zero-order chi connectivity index (χ0) is 27.9. The SMILES string of the molecule is Cc1ccc([C@H]2C3=C(CC(C)(C)CC3=O)Nc3ccccc3N2C(=O)CN2CCCC[C@@H]2c2cccnc2)cc1. The minimum absolute atomic E-state index is 0.00185. The number of benzene rings is 2. The maximum absolute atomic E-state index is 14.6. The molecule has 6 nitrogen and oxygen atoms in total. The van der Waals surface area contributed by atoms with Crippen LogP contribution in [0.2, 0.25) is 0 Å². The predicted octanol–water partition coefficient (Wildman–Crippen LogP) is 6.76. The molecule has 6 heteroatoms. The van der Waals surface area contributed by atoms with Crippen LogP contribution in [0.15, 0.2) is 84.3 Å². The Bertz CT molecular complexity index is 1440. The lowest BCUT2D eigenvalue weighted by atomic mass is 9.73. The van der Waals surface area contributed by atoms with Crippen LogP contribution in [0.3, 0.4) is 0 Å². The minimum Gasteiger partial charge on any atom is -0.357 e. The van der Waals surface area contributed by atoms with Crippen molar-refractivity contribution in [2.45, 2.75) is 65.0 Å². The summed E-state index contributed by atoms with van der Waals surface area (Å²) >= 11 is 0. The number of para-hydroxylation sites is 2. The number of likely N-dealkylation sites (tertiary alicyclic amines) is 1. The van der Waals surface area contributed by atoms with Gasteiger partial charge in [-0.2, -0.15) is 0 Å². The first-order valence-electron chi connectivity index (χ1n) is 14.5. The molecule has 1 amide bonds. The monoisotopic (exact) mass is 534 g/mol. The fourth-order valence-corrected chi connectivity index (χ4v) is 6.71. The van der Waals surface area contributed by atoms with Gasteiger partial charge < -0.3 is 5.32 Å². The van der Waals surface area contributed by atoms with E-state index in [2.05, 4.69) is 66.3 Å². The number of rotatable bonds is 4. The van der Waals surface area contributed by atoms with Crippen molar-refractivity contribution in [3.05, 3.63) is 101 Å². The molecule has 206 valence electrons. The molecule has 1 fully saturated rings. The van der Waals surface area contributed by atoms with Gasteiger partial charge in [0.2, 0.25) is 5.91 Å². The number of amides is 1. The third kappa shape index (κ3) is 5.08.